The fraction of sp³-hybridized carbons (Fsp3) is 0.917. The van der Waals surface area contributed by atoms with Crippen molar-refractivity contribution in [3.05, 3.63) is 18.2 Å². The van der Waals surface area contributed by atoms with Crippen LogP contribution in [0.1, 0.15) is 219 Å². The van der Waals surface area contributed by atoms with Crippen molar-refractivity contribution in [2.75, 3.05) is 0 Å². The molecule has 38 heavy (non-hydrogen) atoms. The van der Waals surface area contributed by atoms with Crippen LogP contribution in [0.4, 0.5) is 0 Å². The van der Waals surface area contributed by atoms with Crippen LogP contribution in [0, 0.1) is 0 Å². The number of hydrogen-bond acceptors (Lipinski definition) is 0. The van der Waals surface area contributed by atoms with E-state index < -0.39 is 0 Å². The predicted molar refractivity (Wildman–Crippen MR) is 170 cm³/mol. The Hall–Kier alpha value is -0.790. The summed E-state index contributed by atoms with van der Waals surface area (Å²) in [7, 11) is 0. The first-order valence-electron chi connectivity index (χ1n) is 17.8. The molecule has 2 heteroatoms. The Morgan fingerprint density at radius 2 is 0.895 bits per heavy atom. The van der Waals surface area contributed by atoms with Gasteiger partial charge in [0.1, 0.15) is 12.4 Å². The molecule has 1 heterocycles. The molecule has 2 atom stereocenters. The van der Waals surface area contributed by atoms with Crippen LogP contribution in [-0.4, -0.2) is 4.98 Å². The molecule has 2 unspecified atom stereocenters. The largest absolute Gasteiger partial charge is 0.257 e. The maximum atomic E-state index is 3.67. The van der Waals surface area contributed by atoms with E-state index in [0.717, 1.165) is 0 Å². The third kappa shape index (κ3) is 18.5. The predicted octanol–water partition coefficient (Wildman–Crippen LogP) is 12.5. The Morgan fingerprint density at radius 3 is 1.32 bits per heavy atom. The number of nitrogens with zero attached hydrogens (tertiary/aromatic N) is 1. The minimum Gasteiger partial charge on any atom is -0.247 e. The maximum Gasteiger partial charge on any atom is 0.257 e. The second kappa shape index (κ2) is 26.4. The van der Waals surface area contributed by atoms with Crippen LogP contribution in [0.5, 0.6) is 0 Å². The van der Waals surface area contributed by atoms with Crippen molar-refractivity contribution >= 4 is 0 Å². The third-order valence-electron chi connectivity index (χ3n) is 8.87. The molecule has 0 bridgehead atoms. The van der Waals surface area contributed by atoms with E-state index in [9.17, 15) is 0 Å². The molecule has 0 aliphatic carbocycles. The Balaban J connectivity index is 2.18. The van der Waals surface area contributed by atoms with Gasteiger partial charge in [0, 0.05) is 0 Å². The van der Waals surface area contributed by atoms with Crippen LogP contribution in [0.25, 0.3) is 0 Å². The van der Waals surface area contributed by atoms with Gasteiger partial charge < -0.3 is 0 Å². The molecule has 0 aromatic carbocycles. The lowest BCUT2D eigenvalue weighted by molar-refractivity contribution is -0.727. The van der Waals surface area contributed by atoms with Crippen LogP contribution < -0.4 is 4.57 Å². The number of imidazole rings is 1. The quantitative estimate of drug-likeness (QED) is 0.0783. The first-order valence-corrected chi connectivity index (χ1v) is 17.8. The number of hydrogen-bond donors (Lipinski definition) is 1. The normalized spacial score (nSPS) is 13.3. The standard InChI is InChI=1S/C36H70N2/c1-5-8-10-12-14-16-18-20-21-23-25-27-30-34(4)38-33-32-37-36(38)35(29-7-3)31-28-26-24-22-19-17-15-13-11-9-6-2/h32-35H,5-31H2,1-4H3/p+1. The Labute approximate surface area is 240 Å². The summed E-state index contributed by atoms with van der Waals surface area (Å²) in [6, 6.07) is 0.621. The van der Waals surface area contributed by atoms with Crippen LogP contribution in [-0.2, 0) is 0 Å². The Kier molecular flexibility index (Phi) is 24.5. The highest BCUT2D eigenvalue weighted by atomic mass is 15.1. The maximum absolute atomic E-state index is 3.67. The minimum atomic E-state index is 0.621. The van der Waals surface area contributed by atoms with Crippen LogP contribution in [0.15, 0.2) is 12.4 Å². The summed E-state index contributed by atoms with van der Waals surface area (Å²) in [5.41, 5.74) is 0. The molecule has 0 spiro atoms. The van der Waals surface area contributed by atoms with Crippen LogP contribution in [0.2, 0.25) is 0 Å². The number of aromatic amines is 1. The molecule has 224 valence electrons. The van der Waals surface area contributed by atoms with Gasteiger partial charge in [0.25, 0.3) is 5.82 Å². The van der Waals surface area contributed by atoms with Crippen LogP contribution in [0.3, 0.4) is 0 Å². The molecule has 0 fully saturated rings. The second-order valence-corrected chi connectivity index (χ2v) is 12.6. The average molecular weight is 532 g/mol. The average Bonchev–Trinajstić information content (AvgIpc) is 3.41. The van der Waals surface area contributed by atoms with Gasteiger partial charge in [0.15, 0.2) is 0 Å². The molecule has 1 aromatic rings. The van der Waals surface area contributed by atoms with Gasteiger partial charge in [-0.05, 0) is 32.6 Å². The molecule has 0 amide bonds. The fourth-order valence-electron chi connectivity index (χ4n) is 6.31. The highest BCUT2D eigenvalue weighted by Crippen LogP contribution is 2.26. The first-order chi connectivity index (χ1) is 18.7. The number of aromatic nitrogens is 2. The fourth-order valence-corrected chi connectivity index (χ4v) is 6.31. The van der Waals surface area contributed by atoms with Gasteiger partial charge in [0.2, 0.25) is 0 Å². The van der Waals surface area contributed by atoms with Crippen LogP contribution >= 0.6 is 0 Å². The molecule has 0 aliphatic rings. The summed E-state index contributed by atoms with van der Waals surface area (Å²) in [6.07, 6.45) is 42.8. The van der Waals surface area contributed by atoms with E-state index in [1.807, 2.05) is 0 Å². The molecule has 1 rings (SSSR count). The Bertz CT molecular complexity index is 592. The SMILES string of the molecule is CCCCCCCCCCCCCCC(C)[n+]1cc[nH]c1C(CCC)CCCCCCCCCCCCC. The minimum absolute atomic E-state index is 0.621. The van der Waals surface area contributed by atoms with E-state index >= 15 is 0 Å². The van der Waals surface area contributed by atoms with E-state index in [0.29, 0.717) is 12.0 Å². The third-order valence-corrected chi connectivity index (χ3v) is 8.87. The smallest absolute Gasteiger partial charge is 0.247 e. The second-order valence-electron chi connectivity index (χ2n) is 12.6. The van der Waals surface area contributed by atoms with Gasteiger partial charge in [-0.1, -0.05) is 168 Å². The van der Waals surface area contributed by atoms with Gasteiger partial charge in [-0.25, -0.2) is 9.55 Å². The summed E-state index contributed by atoms with van der Waals surface area (Å²) >= 11 is 0. The number of unbranched alkanes of at least 4 members (excludes halogenated alkanes) is 21. The zero-order valence-corrected chi connectivity index (χ0v) is 26.8. The monoisotopic (exact) mass is 532 g/mol. The van der Waals surface area contributed by atoms with Crippen molar-refractivity contribution in [2.24, 2.45) is 0 Å². The molecular weight excluding hydrogens is 460 g/mol. The molecule has 2 nitrogen and oxygen atoms in total. The zero-order valence-electron chi connectivity index (χ0n) is 26.8. The molecule has 0 saturated heterocycles. The summed E-state index contributed by atoms with van der Waals surface area (Å²) < 4.78 is 2.59. The van der Waals surface area contributed by atoms with E-state index in [-0.39, 0.29) is 0 Å². The zero-order chi connectivity index (χ0) is 27.5. The summed E-state index contributed by atoms with van der Waals surface area (Å²) in [5.74, 6) is 2.21. The Morgan fingerprint density at radius 1 is 0.500 bits per heavy atom. The molecule has 1 N–H and O–H groups in total. The summed E-state index contributed by atoms with van der Waals surface area (Å²) in [6.45, 7) is 9.42. The van der Waals surface area contributed by atoms with Gasteiger partial charge in [0.05, 0.1) is 12.0 Å². The lowest BCUT2D eigenvalue weighted by Crippen LogP contribution is -2.41. The molecule has 0 radical (unpaired) electrons. The van der Waals surface area contributed by atoms with Crippen molar-refractivity contribution in [2.45, 2.75) is 213 Å². The van der Waals surface area contributed by atoms with Gasteiger partial charge in [-0.3, -0.25) is 0 Å². The topological polar surface area (TPSA) is 19.7 Å². The summed E-state index contributed by atoms with van der Waals surface area (Å²) in [5, 5.41) is 0. The highest BCUT2D eigenvalue weighted by molar-refractivity contribution is 4.90. The van der Waals surface area contributed by atoms with E-state index in [4.69, 9.17) is 0 Å². The lowest BCUT2D eigenvalue weighted by Gasteiger charge is -2.16. The molecule has 0 aliphatic heterocycles. The van der Waals surface area contributed by atoms with E-state index in [1.54, 1.807) is 0 Å². The number of rotatable bonds is 29. The van der Waals surface area contributed by atoms with Crippen molar-refractivity contribution in [1.29, 1.82) is 0 Å². The van der Waals surface area contributed by atoms with Crippen molar-refractivity contribution < 1.29 is 4.57 Å². The van der Waals surface area contributed by atoms with Gasteiger partial charge in [-0.2, -0.15) is 0 Å². The van der Waals surface area contributed by atoms with Gasteiger partial charge >= 0.3 is 0 Å². The number of H-pyrrole nitrogens is 1. The summed E-state index contributed by atoms with van der Waals surface area (Å²) in [4.78, 5) is 3.67. The van der Waals surface area contributed by atoms with Crippen molar-refractivity contribution in [3.63, 3.8) is 0 Å². The number of nitrogens with one attached hydrogen (secondary N) is 1. The highest BCUT2D eigenvalue weighted by Gasteiger charge is 2.24. The van der Waals surface area contributed by atoms with Crippen molar-refractivity contribution in [1.82, 2.24) is 4.98 Å². The lowest BCUT2D eigenvalue weighted by atomic mass is 9.94. The van der Waals surface area contributed by atoms with E-state index in [1.165, 1.54) is 179 Å². The molecule has 0 saturated carbocycles. The van der Waals surface area contributed by atoms with E-state index in [2.05, 4.69) is 49.6 Å². The molecular formula is C36H71N2+. The van der Waals surface area contributed by atoms with Crippen molar-refractivity contribution in [3.8, 4) is 0 Å². The van der Waals surface area contributed by atoms with Gasteiger partial charge in [-0.15, -0.1) is 0 Å². The first kappa shape index (κ1) is 35.2. The molecule has 1 aromatic heterocycles.